The van der Waals surface area contributed by atoms with E-state index in [0.29, 0.717) is 0 Å². The van der Waals surface area contributed by atoms with Crippen LogP contribution in [0.4, 0.5) is 0 Å². The molecule has 130 valence electrons. The van der Waals surface area contributed by atoms with Crippen molar-refractivity contribution in [3.63, 3.8) is 0 Å². The maximum Gasteiger partial charge on any atom is 0.153 e. The normalized spacial score (nSPS) is 23.8. The van der Waals surface area contributed by atoms with Gasteiger partial charge in [-0.05, 0) is 24.3 Å². The molecule has 1 atom stereocenters. The molecule has 1 saturated heterocycles. The highest BCUT2D eigenvalue weighted by Gasteiger charge is 2.37. The first-order chi connectivity index (χ1) is 11.6. The minimum atomic E-state index is -1.01. The Kier molecular flexibility index (Phi) is 5.61. The van der Waals surface area contributed by atoms with Crippen molar-refractivity contribution in [1.82, 2.24) is 0 Å². The highest BCUT2D eigenvalue weighted by Crippen LogP contribution is 2.39. The minimum Gasteiger partial charge on any atom is -0.373 e. The molecule has 3 nitrogen and oxygen atoms in total. The van der Waals surface area contributed by atoms with E-state index < -0.39 is 5.60 Å². The van der Waals surface area contributed by atoms with Crippen LogP contribution in [0.3, 0.4) is 0 Å². The summed E-state index contributed by atoms with van der Waals surface area (Å²) in [5, 5.41) is 11.5. The second-order valence-corrected chi connectivity index (χ2v) is 7.61. The summed E-state index contributed by atoms with van der Waals surface area (Å²) in [4.78, 5) is 0. The van der Waals surface area contributed by atoms with Crippen molar-refractivity contribution in [2.75, 3.05) is 39.9 Å². The maximum absolute atomic E-state index is 11.5. The molecule has 1 saturated carbocycles. The predicted octanol–water partition coefficient (Wildman–Crippen LogP) is 2.93. The quantitative estimate of drug-likeness (QED) is 0.683. The second kappa shape index (κ2) is 7.70. The van der Waals surface area contributed by atoms with Crippen LogP contribution in [0.25, 0.3) is 0 Å². The van der Waals surface area contributed by atoms with E-state index >= 15 is 0 Å². The van der Waals surface area contributed by atoms with Gasteiger partial charge in [0.2, 0.25) is 0 Å². The maximum atomic E-state index is 11.5. The van der Waals surface area contributed by atoms with E-state index in [2.05, 4.69) is 18.9 Å². The smallest absolute Gasteiger partial charge is 0.153 e. The van der Waals surface area contributed by atoms with Gasteiger partial charge in [-0.2, -0.15) is 0 Å². The van der Waals surface area contributed by atoms with E-state index in [-0.39, 0.29) is 5.92 Å². The molecule has 1 unspecified atom stereocenters. The zero-order valence-electron chi connectivity index (χ0n) is 14.8. The van der Waals surface area contributed by atoms with Gasteiger partial charge in [-0.15, -0.1) is 0 Å². The van der Waals surface area contributed by atoms with Gasteiger partial charge < -0.3 is 14.3 Å². The number of rotatable bonds is 3. The number of ether oxygens (including phenoxy) is 1. The number of aliphatic hydroxyl groups is 1. The average molecular weight is 328 g/mol. The molecule has 2 aliphatic rings. The van der Waals surface area contributed by atoms with Gasteiger partial charge in [0, 0.05) is 5.92 Å². The van der Waals surface area contributed by atoms with E-state index in [1.165, 1.54) is 19.3 Å². The van der Waals surface area contributed by atoms with E-state index in [1.807, 2.05) is 30.3 Å². The Hall–Kier alpha value is -1.34. The average Bonchev–Trinajstić information content (AvgIpc) is 2.63. The number of quaternary nitrogens is 1. The molecule has 0 aromatic heterocycles. The van der Waals surface area contributed by atoms with E-state index in [0.717, 1.165) is 55.7 Å². The molecule has 3 heteroatoms. The lowest BCUT2D eigenvalue weighted by molar-refractivity contribution is -0.910. The molecular formula is C21H30NO2+. The van der Waals surface area contributed by atoms with Crippen LogP contribution in [-0.2, 0) is 10.3 Å². The minimum absolute atomic E-state index is 0.246. The zero-order valence-corrected chi connectivity index (χ0v) is 14.8. The lowest BCUT2D eigenvalue weighted by atomic mass is 9.73. The Morgan fingerprint density at radius 1 is 1.12 bits per heavy atom. The van der Waals surface area contributed by atoms with Crippen molar-refractivity contribution in [1.29, 1.82) is 0 Å². The summed E-state index contributed by atoms with van der Waals surface area (Å²) in [7, 11) is 2.24. The Labute approximate surface area is 146 Å². The molecule has 24 heavy (non-hydrogen) atoms. The number of benzene rings is 1. The Balaban J connectivity index is 1.81. The Morgan fingerprint density at radius 2 is 1.79 bits per heavy atom. The van der Waals surface area contributed by atoms with Crippen molar-refractivity contribution in [2.45, 2.75) is 37.7 Å². The van der Waals surface area contributed by atoms with Crippen LogP contribution in [-0.4, -0.2) is 49.5 Å². The molecule has 1 aromatic rings. The van der Waals surface area contributed by atoms with Gasteiger partial charge in [0.15, 0.2) is 5.60 Å². The highest BCUT2D eigenvalue weighted by atomic mass is 16.5. The third-order valence-electron chi connectivity index (χ3n) is 5.70. The fourth-order valence-corrected chi connectivity index (χ4v) is 3.93. The van der Waals surface area contributed by atoms with Crippen LogP contribution in [0.2, 0.25) is 0 Å². The molecule has 0 amide bonds. The Bertz CT molecular complexity index is 577. The fourth-order valence-electron chi connectivity index (χ4n) is 3.93. The fraction of sp³-hybridized carbons (Fsp3) is 0.619. The molecule has 1 N–H and O–H groups in total. The predicted molar refractivity (Wildman–Crippen MR) is 96.3 cm³/mol. The van der Waals surface area contributed by atoms with E-state index in [4.69, 9.17) is 4.74 Å². The van der Waals surface area contributed by atoms with Crippen LogP contribution in [0.15, 0.2) is 30.3 Å². The molecule has 2 fully saturated rings. The summed E-state index contributed by atoms with van der Waals surface area (Å²) in [6.45, 7) is 4.41. The first-order valence-electron chi connectivity index (χ1n) is 9.32. The summed E-state index contributed by atoms with van der Waals surface area (Å²) < 4.78 is 6.38. The monoisotopic (exact) mass is 328 g/mol. The van der Waals surface area contributed by atoms with Gasteiger partial charge in [-0.1, -0.05) is 55.5 Å². The number of nitrogens with zero attached hydrogens (tertiary/aromatic N) is 1. The van der Waals surface area contributed by atoms with Crippen LogP contribution in [0.1, 0.15) is 37.7 Å². The van der Waals surface area contributed by atoms with Gasteiger partial charge in [-0.25, -0.2) is 0 Å². The molecule has 0 bridgehead atoms. The molecule has 1 aromatic carbocycles. The largest absolute Gasteiger partial charge is 0.373 e. The lowest BCUT2D eigenvalue weighted by Crippen LogP contribution is -2.52. The zero-order chi connectivity index (χ0) is 16.9. The summed E-state index contributed by atoms with van der Waals surface area (Å²) in [6, 6.07) is 10.0. The summed E-state index contributed by atoms with van der Waals surface area (Å²) in [6.07, 6.45) is 5.82. The number of hydrogen-bond donors (Lipinski definition) is 1. The summed E-state index contributed by atoms with van der Waals surface area (Å²) in [5.74, 6) is 6.90. The Morgan fingerprint density at radius 3 is 2.46 bits per heavy atom. The van der Waals surface area contributed by atoms with Gasteiger partial charge in [0.1, 0.15) is 19.6 Å². The lowest BCUT2D eigenvalue weighted by Gasteiger charge is -2.37. The van der Waals surface area contributed by atoms with Gasteiger partial charge in [0.25, 0.3) is 0 Å². The summed E-state index contributed by atoms with van der Waals surface area (Å²) >= 11 is 0. The van der Waals surface area contributed by atoms with Crippen LogP contribution in [0.5, 0.6) is 0 Å². The number of likely N-dealkylation sites (N-methyl/N-ethyl adjacent to an activating group) is 1. The molecule has 1 aliphatic carbocycles. The van der Waals surface area contributed by atoms with Crippen molar-refractivity contribution in [3.8, 4) is 11.8 Å². The summed E-state index contributed by atoms with van der Waals surface area (Å²) in [5.41, 5.74) is -0.0540. The molecule has 0 spiro atoms. The SMILES string of the molecule is C[N+]1(CC#CC(O)(c2ccccc2)C2CCCCC2)CCOCC1. The van der Waals surface area contributed by atoms with Gasteiger partial charge in [-0.3, -0.25) is 0 Å². The number of morpholine rings is 1. The molecule has 1 aliphatic heterocycles. The van der Waals surface area contributed by atoms with Crippen LogP contribution >= 0.6 is 0 Å². The van der Waals surface area contributed by atoms with Gasteiger partial charge in [0.05, 0.1) is 20.3 Å². The van der Waals surface area contributed by atoms with Crippen molar-refractivity contribution in [3.05, 3.63) is 35.9 Å². The van der Waals surface area contributed by atoms with E-state index in [1.54, 1.807) is 0 Å². The van der Waals surface area contributed by atoms with Crippen molar-refractivity contribution in [2.24, 2.45) is 5.92 Å². The topological polar surface area (TPSA) is 29.5 Å². The standard InChI is InChI=1S/C21H30NO2/c1-22(15-17-24-18-16-22)14-8-13-21(23,19-9-4-2-5-10-19)20-11-6-3-7-12-20/h2,4-5,9-10,20,23H,3,6-7,11-12,14-18H2,1H3/q+1. The first kappa shape index (κ1) is 17.5. The first-order valence-corrected chi connectivity index (χ1v) is 9.32. The molecule has 0 radical (unpaired) electrons. The third kappa shape index (κ3) is 4.00. The van der Waals surface area contributed by atoms with Crippen molar-refractivity contribution < 1.29 is 14.3 Å². The molecular weight excluding hydrogens is 298 g/mol. The van der Waals surface area contributed by atoms with E-state index in [9.17, 15) is 5.11 Å². The second-order valence-electron chi connectivity index (χ2n) is 7.61. The number of hydrogen-bond acceptors (Lipinski definition) is 2. The van der Waals surface area contributed by atoms with Crippen LogP contribution in [0, 0.1) is 17.8 Å². The van der Waals surface area contributed by atoms with Gasteiger partial charge >= 0.3 is 0 Å². The third-order valence-corrected chi connectivity index (χ3v) is 5.70. The highest BCUT2D eigenvalue weighted by molar-refractivity contribution is 5.33. The van der Waals surface area contributed by atoms with Crippen LogP contribution < -0.4 is 0 Å². The molecule has 1 heterocycles. The van der Waals surface area contributed by atoms with Crippen molar-refractivity contribution >= 4 is 0 Å². The molecule has 3 rings (SSSR count).